The van der Waals surface area contributed by atoms with Crippen LogP contribution in [0.3, 0.4) is 0 Å². The summed E-state index contributed by atoms with van der Waals surface area (Å²) in [6.45, 7) is 7.24. The van der Waals surface area contributed by atoms with Crippen molar-refractivity contribution >= 4 is 23.4 Å². The fourth-order valence-corrected chi connectivity index (χ4v) is 2.08. The van der Waals surface area contributed by atoms with Gasteiger partial charge in [0.25, 0.3) is 0 Å². The Morgan fingerprint density at radius 1 is 1.32 bits per heavy atom. The number of thioether (sulfide) groups is 1. The monoisotopic (exact) mass is 283 g/mol. The van der Waals surface area contributed by atoms with Crippen LogP contribution in [-0.2, 0) is 6.42 Å². The molecule has 1 unspecified atom stereocenters. The highest BCUT2D eigenvalue weighted by Gasteiger charge is 2.10. The molecular formula is C13H25N5S. The number of nitrogens with two attached hydrogens (primary N) is 1. The molecule has 0 aliphatic rings. The second-order valence-corrected chi connectivity index (χ2v) is 5.89. The summed E-state index contributed by atoms with van der Waals surface area (Å²) >= 11 is 1.88. The van der Waals surface area contributed by atoms with Gasteiger partial charge in [-0.05, 0) is 26.0 Å². The molecule has 4 N–H and O–H groups in total. The van der Waals surface area contributed by atoms with Crippen molar-refractivity contribution in [2.75, 3.05) is 23.5 Å². The Morgan fingerprint density at radius 3 is 2.58 bits per heavy atom. The molecule has 1 atom stereocenters. The largest absolute Gasteiger partial charge is 0.370 e. The van der Waals surface area contributed by atoms with Gasteiger partial charge in [0.1, 0.15) is 17.5 Å². The van der Waals surface area contributed by atoms with E-state index in [0.29, 0.717) is 11.1 Å². The number of rotatable bonds is 8. The topological polar surface area (TPSA) is 75.9 Å². The molecule has 0 saturated heterocycles. The molecule has 0 aromatic carbocycles. The van der Waals surface area contributed by atoms with Crippen LogP contribution in [0.2, 0.25) is 0 Å². The third-order valence-corrected chi connectivity index (χ3v) is 4.09. The van der Waals surface area contributed by atoms with Crippen molar-refractivity contribution in [2.24, 2.45) is 5.84 Å². The molecule has 0 radical (unpaired) electrons. The van der Waals surface area contributed by atoms with Crippen LogP contribution in [-0.4, -0.2) is 28.0 Å². The third kappa shape index (κ3) is 4.87. The van der Waals surface area contributed by atoms with Gasteiger partial charge in [-0.1, -0.05) is 13.8 Å². The summed E-state index contributed by atoms with van der Waals surface area (Å²) in [4.78, 5) is 8.98. The summed E-state index contributed by atoms with van der Waals surface area (Å²) in [5, 5.41) is 4.04. The van der Waals surface area contributed by atoms with Crippen molar-refractivity contribution in [2.45, 2.75) is 45.3 Å². The fourth-order valence-electron chi connectivity index (χ4n) is 1.72. The van der Waals surface area contributed by atoms with Gasteiger partial charge in [0.05, 0.1) is 0 Å². The zero-order valence-corrected chi connectivity index (χ0v) is 13.1. The first-order valence-electron chi connectivity index (χ1n) is 6.73. The van der Waals surface area contributed by atoms with E-state index in [0.717, 1.165) is 43.0 Å². The number of hydrogen-bond acceptors (Lipinski definition) is 6. The Kier molecular flexibility index (Phi) is 6.94. The van der Waals surface area contributed by atoms with Gasteiger partial charge in [-0.25, -0.2) is 15.8 Å². The average molecular weight is 283 g/mol. The van der Waals surface area contributed by atoms with E-state index in [9.17, 15) is 0 Å². The molecule has 0 spiro atoms. The molecule has 1 rings (SSSR count). The zero-order valence-electron chi connectivity index (χ0n) is 12.3. The first-order valence-corrected chi connectivity index (χ1v) is 8.01. The van der Waals surface area contributed by atoms with E-state index in [1.807, 2.05) is 18.7 Å². The first kappa shape index (κ1) is 16.0. The third-order valence-electron chi connectivity index (χ3n) is 3.05. The minimum absolute atomic E-state index is 0.650. The highest BCUT2D eigenvalue weighted by Crippen LogP contribution is 2.20. The van der Waals surface area contributed by atoms with Gasteiger partial charge in [0.15, 0.2) is 0 Å². The van der Waals surface area contributed by atoms with Crippen molar-refractivity contribution in [3.05, 3.63) is 11.4 Å². The van der Waals surface area contributed by atoms with E-state index in [-0.39, 0.29) is 0 Å². The van der Waals surface area contributed by atoms with Gasteiger partial charge in [-0.15, -0.1) is 0 Å². The Hall–Kier alpha value is -1.01. The van der Waals surface area contributed by atoms with Crippen LogP contribution in [0.1, 0.15) is 38.1 Å². The molecule has 6 heteroatoms. The Balaban J connectivity index is 2.77. The SMILES string of the molecule is CCCc1nc(NN)c(C)c(NCCC(C)SC)n1. The Bertz CT molecular complexity index is 397. The molecular weight excluding hydrogens is 258 g/mol. The predicted octanol–water partition coefficient (Wildman–Crippen LogP) is 2.58. The Morgan fingerprint density at radius 2 is 2.00 bits per heavy atom. The summed E-state index contributed by atoms with van der Waals surface area (Å²) in [7, 11) is 0. The molecule has 0 fully saturated rings. The molecule has 108 valence electrons. The second-order valence-electron chi connectivity index (χ2n) is 4.62. The minimum Gasteiger partial charge on any atom is -0.370 e. The average Bonchev–Trinajstić information content (AvgIpc) is 2.41. The van der Waals surface area contributed by atoms with E-state index in [4.69, 9.17) is 5.84 Å². The van der Waals surface area contributed by atoms with Crippen LogP contribution in [0, 0.1) is 6.92 Å². The van der Waals surface area contributed by atoms with Crippen molar-refractivity contribution in [1.29, 1.82) is 0 Å². The summed E-state index contributed by atoms with van der Waals surface area (Å²) in [5.74, 6) is 7.94. The standard InChI is InChI=1S/C13H25N5S/c1-5-6-11-16-12(10(3)13(17-11)18-14)15-8-7-9(2)19-4/h9H,5-8,14H2,1-4H3,(H2,15,16,17,18). The first-order chi connectivity index (χ1) is 9.12. The smallest absolute Gasteiger partial charge is 0.148 e. The normalized spacial score (nSPS) is 12.3. The van der Waals surface area contributed by atoms with Crippen LogP contribution >= 0.6 is 11.8 Å². The molecule has 1 aromatic heterocycles. The van der Waals surface area contributed by atoms with Gasteiger partial charge < -0.3 is 10.7 Å². The van der Waals surface area contributed by atoms with Gasteiger partial charge in [0, 0.05) is 23.8 Å². The highest BCUT2D eigenvalue weighted by atomic mass is 32.2. The predicted molar refractivity (Wildman–Crippen MR) is 84.7 cm³/mol. The van der Waals surface area contributed by atoms with Crippen molar-refractivity contribution in [3.63, 3.8) is 0 Å². The van der Waals surface area contributed by atoms with Crippen molar-refractivity contribution in [1.82, 2.24) is 9.97 Å². The molecule has 1 aromatic rings. The maximum Gasteiger partial charge on any atom is 0.148 e. The molecule has 19 heavy (non-hydrogen) atoms. The van der Waals surface area contributed by atoms with Crippen LogP contribution in [0.5, 0.6) is 0 Å². The van der Waals surface area contributed by atoms with Crippen LogP contribution < -0.4 is 16.6 Å². The van der Waals surface area contributed by atoms with Crippen LogP contribution in [0.25, 0.3) is 0 Å². The number of nitrogens with zero attached hydrogens (tertiary/aromatic N) is 2. The number of aryl methyl sites for hydroxylation is 1. The molecule has 5 nitrogen and oxygen atoms in total. The quantitative estimate of drug-likeness (QED) is 0.503. The maximum absolute atomic E-state index is 5.51. The summed E-state index contributed by atoms with van der Waals surface area (Å²) < 4.78 is 0. The molecule has 0 aliphatic heterocycles. The van der Waals surface area contributed by atoms with Gasteiger partial charge in [-0.3, -0.25) is 0 Å². The number of nitrogen functional groups attached to an aromatic ring is 1. The lowest BCUT2D eigenvalue weighted by Crippen LogP contribution is -2.16. The van der Waals surface area contributed by atoms with Gasteiger partial charge in [0.2, 0.25) is 0 Å². The number of hydrazine groups is 1. The number of nitrogens with one attached hydrogen (secondary N) is 2. The van der Waals surface area contributed by atoms with E-state index in [1.165, 1.54) is 0 Å². The zero-order chi connectivity index (χ0) is 14.3. The summed E-state index contributed by atoms with van der Waals surface area (Å²) in [6, 6.07) is 0. The number of hydrogen-bond donors (Lipinski definition) is 3. The van der Waals surface area contributed by atoms with Crippen LogP contribution in [0.15, 0.2) is 0 Å². The van der Waals surface area contributed by atoms with E-state index in [1.54, 1.807) is 0 Å². The summed E-state index contributed by atoms with van der Waals surface area (Å²) in [6.07, 6.45) is 5.14. The highest BCUT2D eigenvalue weighted by molar-refractivity contribution is 7.99. The molecule has 1 heterocycles. The number of aromatic nitrogens is 2. The van der Waals surface area contributed by atoms with E-state index < -0.39 is 0 Å². The lowest BCUT2D eigenvalue weighted by molar-refractivity contribution is 0.818. The van der Waals surface area contributed by atoms with Crippen molar-refractivity contribution < 1.29 is 0 Å². The number of anilines is 2. The summed E-state index contributed by atoms with van der Waals surface area (Å²) in [5.41, 5.74) is 3.62. The maximum atomic E-state index is 5.51. The van der Waals surface area contributed by atoms with Gasteiger partial charge in [-0.2, -0.15) is 11.8 Å². The molecule has 0 amide bonds. The molecule has 0 aliphatic carbocycles. The molecule has 0 bridgehead atoms. The van der Waals surface area contributed by atoms with Crippen LogP contribution in [0.4, 0.5) is 11.6 Å². The van der Waals surface area contributed by atoms with E-state index >= 15 is 0 Å². The second kappa shape index (κ2) is 8.22. The van der Waals surface area contributed by atoms with E-state index in [2.05, 4.69) is 40.8 Å². The lowest BCUT2D eigenvalue weighted by atomic mass is 10.2. The molecule has 0 saturated carbocycles. The van der Waals surface area contributed by atoms with Gasteiger partial charge >= 0.3 is 0 Å². The van der Waals surface area contributed by atoms with Crippen molar-refractivity contribution in [3.8, 4) is 0 Å². The Labute approximate surface area is 120 Å². The minimum atomic E-state index is 0.650. The fraction of sp³-hybridized carbons (Fsp3) is 0.692. The lowest BCUT2D eigenvalue weighted by Gasteiger charge is -2.14.